The lowest BCUT2D eigenvalue weighted by molar-refractivity contribution is 0.616. The van der Waals surface area contributed by atoms with Crippen molar-refractivity contribution >= 4 is 11.8 Å². The van der Waals surface area contributed by atoms with E-state index < -0.39 is 0 Å². The monoisotopic (exact) mass is 354 g/mol. The molecule has 1 aliphatic carbocycles. The summed E-state index contributed by atoms with van der Waals surface area (Å²) < 4.78 is 4.29. The van der Waals surface area contributed by atoms with Crippen LogP contribution in [0.1, 0.15) is 42.1 Å². The Morgan fingerprint density at radius 1 is 1.24 bits per heavy atom. The highest BCUT2D eigenvalue weighted by Crippen LogP contribution is 2.36. The molecule has 1 saturated carbocycles. The molecule has 1 atom stereocenters. The van der Waals surface area contributed by atoms with E-state index in [-0.39, 0.29) is 6.04 Å². The Kier molecular flexibility index (Phi) is 4.59. The number of nitrogens with zero attached hydrogens (tertiary/aromatic N) is 5. The van der Waals surface area contributed by atoms with Crippen LogP contribution in [0.4, 0.5) is 0 Å². The normalized spacial score (nSPS) is 15.4. The van der Waals surface area contributed by atoms with E-state index in [1.165, 1.54) is 18.4 Å². The van der Waals surface area contributed by atoms with Crippen LogP contribution in [-0.4, -0.2) is 24.3 Å². The van der Waals surface area contributed by atoms with E-state index in [1.54, 1.807) is 11.8 Å². The molecule has 0 unspecified atom stereocenters. The van der Waals surface area contributed by atoms with E-state index >= 15 is 0 Å². The minimum absolute atomic E-state index is 0.164. The van der Waals surface area contributed by atoms with Crippen LogP contribution >= 0.6 is 11.8 Å². The Morgan fingerprint density at radius 3 is 2.80 bits per heavy atom. The molecule has 0 saturated heterocycles. The van der Waals surface area contributed by atoms with Gasteiger partial charge >= 0.3 is 0 Å². The van der Waals surface area contributed by atoms with E-state index in [0.29, 0.717) is 6.04 Å². The fourth-order valence-electron chi connectivity index (χ4n) is 3.00. The Morgan fingerprint density at radius 2 is 2.04 bits per heavy atom. The lowest BCUT2D eigenvalue weighted by Crippen LogP contribution is -2.18. The van der Waals surface area contributed by atoms with Crippen LogP contribution < -0.4 is 5.73 Å². The Bertz CT molecular complexity index is 836. The second kappa shape index (κ2) is 7.01. The van der Waals surface area contributed by atoms with E-state index in [0.717, 1.165) is 29.0 Å². The highest BCUT2D eigenvalue weighted by atomic mass is 32.2. The smallest absolute Gasteiger partial charge is 0.191 e. The standard InChI is InChI=1S/C18H22N6S/c1-23-17(15(19)11-13-5-3-2-4-6-13)21-22-18(23)25-12-16-20-9-10-24(16)14-7-8-14/h2-6,9-10,14-15H,7-8,11-12,19H2,1H3/t15-/m0/s1. The average molecular weight is 354 g/mol. The van der Waals surface area contributed by atoms with Gasteiger partial charge in [-0.1, -0.05) is 42.1 Å². The maximum atomic E-state index is 6.35. The average Bonchev–Trinajstić information content (AvgIpc) is 3.24. The summed E-state index contributed by atoms with van der Waals surface area (Å²) in [5.41, 5.74) is 7.56. The van der Waals surface area contributed by atoms with Gasteiger partial charge in [0.2, 0.25) is 0 Å². The van der Waals surface area contributed by atoms with Gasteiger partial charge in [-0.25, -0.2) is 4.98 Å². The highest BCUT2D eigenvalue weighted by molar-refractivity contribution is 7.98. The van der Waals surface area contributed by atoms with Crippen LogP contribution in [0.3, 0.4) is 0 Å². The molecule has 4 rings (SSSR count). The third kappa shape index (κ3) is 3.62. The molecule has 1 aromatic carbocycles. The van der Waals surface area contributed by atoms with Crippen molar-refractivity contribution in [2.24, 2.45) is 12.8 Å². The summed E-state index contributed by atoms with van der Waals surface area (Å²) in [5.74, 6) is 2.71. The minimum Gasteiger partial charge on any atom is -0.331 e. The fourth-order valence-corrected chi connectivity index (χ4v) is 3.87. The van der Waals surface area contributed by atoms with Crippen molar-refractivity contribution in [2.75, 3.05) is 0 Å². The lowest BCUT2D eigenvalue weighted by Gasteiger charge is -2.11. The first kappa shape index (κ1) is 16.4. The van der Waals surface area contributed by atoms with Gasteiger partial charge in [-0.05, 0) is 24.8 Å². The SMILES string of the molecule is Cn1c(SCc2nccn2C2CC2)nnc1[C@@H](N)Cc1ccccc1. The largest absolute Gasteiger partial charge is 0.331 e. The molecule has 0 amide bonds. The second-order valence-corrected chi connectivity index (χ2v) is 7.41. The number of thioether (sulfide) groups is 1. The van der Waals surface area contributed by atoms with Gasteiger partial charge in [0.1, 0.15) is 5.82 Å². The Labute approximate surface area is 151 Å². The van der Waals surface area contributed by atoms with Gasteiger partial charge in [-0.3, -0.25) is 0 Å². The molecule has 130 valence electrons. The first-order chi connectivity index (χ1) is 12.2. The molecule has 1 aliphatic rings. The lowest BCUT2D eigenvalue weighted by atomic mass is 10.1. The number of imidazole rings is 1. The van der Waals surface area contributed by atoms with Crippen LogP contribution in [0, 0.1) is 0 Å². The second-order valence-electron chi connectivity index (χ2n) is 6.47. The van der Waals surface area contributed by atoms with Gasteiger partial charge < -0.3 is 14.9 Å². The number of hydrogen-bond acceptors (Lipinski definition) is 5. The van der Waals surface area contributed by atoms with E-state index in [1.807, 2.05) is 36.0 Å². The highest BCUT2D eigenvalue weighted by Gasteiger charge is 2.25. The summed E-state index contributed by atoms with van der Waals surface area (Å²) in [6, 6.07) is 10.7. The van der Waals surface area contributed by atoms with E-state index in [2.05, 4.69) is 38.1 Å². The van der Waals surface area contributed by atoms with Gasteiger partial charge in [0, 0.05) is 25.5 Å². The molecular formula is C18H22N6S. The predicted octanol–water partition coefficient (Wildman–Crippen LogP) is 2.88. The third-order valence-corrected chi connectivity index (χ3v) is 5.53. The topological polar surface area (TPSA) is 74.5 Å². The van der Waals surface area contributed by atoms with Crippen molar-refractivity contribution < 1.29 is 0 Å². The maximum absolute atomic E-state index is 6.35. The molecule has 25 heavy (non-hydrogen) atoms. The summed E-state index contributed by atoms with van der Waals surface area (Å²) in [6.45, 7) is 0. The molecule has 0 spiro atoms. The molecule has 3 aromatic rings. The predicted molar refractivity (Wildman–Crippen MR) is 98.1 cm³/mol. The molecule has 1 fully saturated rings. The molecule has 0 aliphatic heterocycles. The van der Waals surface area contributed by atoms with Crippen LogP contribution in [0.5, 0.6) is 0 Å². The molecule has 0 radical (unpaired) electrons. The quantitative estimate of drug-likeness (QED) is 0.660. The summed E-state index contributed by atoms with van der Waals surface area (Å²) in [6.07, 6.45) is 7.23. The van der Waals surface area contributed by atoms with Crippen LogP contribution in [0.15, 0.2) is 47.9 Å². The number of rotatable bonds is 7. The number of hydrogen-bond donors (Lipinski definition) is 1. The van der Waals surface area contributed by atoms with Crippen LogP contribution in [-0.2, 0) is 19.2 Å². The molecule has 2 N–H and O–H groups in total. The van der Waals surface area contributed by atoms with Gasteiger partial charge in [0.25, 0.3) is 0 Å². The Balaban J connectivity index is 1.42. The van der Waals surface area contributed by atoms with Crippen molar-refractivity contribution in [3.05, 3.63) is 59.9 Å². The summed E-state index contributed by atoms with van der Waals surface area (Å²) >= 11 is 1.66. The summed E-state index contributed by atoms with van der Waals surface area (Å²) in [7, 11) is 1.98. The first-order valence-electron chi connectivity index (χ1n) is 8.55. The van der Waals surface area contributed by atoms with Crippen molar-refractivity contribution in [3.63, 3.8) is 0 Å². The zero-order valence-electron chi connectivity index (χ0n) is 14.2. The number of aromatic nitrogens is 5. The van der Waals surface area contributed by atoms with E-state index in [4.69, 9.17) is 5.73 Å². The molecule has 2 aromatic heterocycles. The van der Waals surface area contributed by atoms with Crippen molar-refractivity contribution in [1.82, 2.24) is 24.3 Å². The zero-order valence-corrected chi connectivity index (χ0v) is 15.1. The van der Waals surface area contributed by atoms with Crippen molar-refractivity contribution in [2.45, 2.75) is 42.3 Å². The fraction of sp³-hybridized carbons (Fsp3) is 0.389. The van der Waals surface area contributed by atoms with Gasteiger partial charge in [-0.15, -0.1) is 10.2 Å². The van der Waals surface area contributed by atoms with Crippen LogP contribution in [0.25, 0.3) is 0 Å². The number of nitrogens with two attached hydrogens (primary N) is 1. The van der Waals surface area contributed by atoms with Crippen LogP contribution in [0.2, 0.25) is 0 Å². The van der Waals surface area contributed by atoms with Crippen molar-refractivity contribution in [3.8, 4) is 0 Å². The Hall–Kier alpha value is -2.12. The zero-order chi connectivity index (χ0) is 17.2. The third-order valence-electron chi connectivity index (χ3n) is 4.52. The first-order valence-corrected chi connectivity index (χ1v) is 9.54. The summed E-state index contributed by atoms with van der Waals surface area (Å²) in [4.78, 5) is 4.48. The van der Waals surface area contributed by atoms with Gasteiger partial charge in [-0.2, -0.15) is 0 Å². The number of benzene rings is 1. The summed E-state index contributed by atoms with van der Waals surface area (Å²) in [5, 5.41) is 9.53. The van der Waals surface area contributed by atoms with Gasteiger partial charge in [0.15, 0.2) is 11.0 Å². The van der Waals surface area contributed by atoms with Gasteiger partial charge in [0.05, 0.1) is 11.8 Å². The van der Waals surface area contributed by atoms with E-state index in [9.17, 15) is 0 Å². The molecule has 6 nitrogen and oxygen atoms in total. The molecule has 7 heteroatoms. The minimum atomic E-state index is -0.164. The molecular weight excluding hydrogens is 332 g/mol. The molecule has 0 bridgehead atoms. The molecule has 2 heterocycles. The van der Waals surface area contributed by atoms with Crippen molar-refractivity contribution in [1.29, 1.82) is 0 Å². The maximum Gasteiger partial charge on any atom is 0.191 e.